The zero-order valence-electron chi connectivity index (χ0n) is 61.7. The second kappa shape index (κ2) is 32.2. The number of ketones is 2. The first-order valence-corrected chi connectivity index (χ1v) is 38.2. The summed E-state index contributed by atoms with van der Waals surface area (Å²) in [6, 6.07) is 147. The first-order chi connectivity index (χ1) is 55.3. The lowest BCUT2D eigenvalue weighted by Gasteiger charge is -2.35. The first-order valence-electron chi connectivity index (χ1n) is 38.2. The summed E-state index contributed by atoms with van der Waals surface area (Å²) >= 11 is 0. The quantitative estimate of drug-likeness (QED) is 0.0797. The fourth-order valence-corrected chi connectivity index (χ4v) is 16.7. The van der Waals surface area contributed by atoms with Crippen molar-refractivity contribution in [1.82, 2.24) is 0 Å². The van der Waals surface area contributed by atoms with Crippen molar-refractivity contribution in [3.63, 3.8) is 0 Å². The van der Waals surface area contributed by atoms with Crippen LogP contribution in [0, 0.1) is 0 Å². The van der Waals surface area contributed by atoms with Gasteiger partial charge in [0.25, 0.3) is 0 Å². The Morgan fingerprint density at radius 2 is 0.429 bits per heavy atom. The Bertz CT molecular complexity index is 6050. The van der Waals surface area contributed by atoms with Crippen LogP contribution in [0.2, 0.25) is 0 Å². The van der Waals surface area contributed by atoms with Crippen molar-refractivity contribution in [2.45, 2.75) is 24.7 Å². The van der Waals surface area contributed by atoms with Gasteiger partial charge in [0, 0.05) is 33.7 Å². The van der Waals surface area contributed by atoms with Crippen molar-refractivity contribution in [2.75, 3.05) is 0 Å². The fraction of sp³-hybridized carbons (Fsp3) is 0.0370. The van der Waals surface area contributed by atoms with Gasteiger partial charge in [0.05, 0.1) is 0 Å². The minimum Gasteiger partial charge on any atom is -0.504 e. The summed E-state index contributed by atoms with van der Waals surface area (Å²) in [6.07, 6.45) is 2.21. The molecule has 0 aromatic heterocycles. The van der Waals surface area contributed by atoms with Gasteiger partial charge in [0.15, 0.2) is 11.5 Å². The molecule has 0 heterocycles. The molecule has 3 aliphatic carbocycles. The van der Waals surface area contributed by atoms with Crippen molar-refractivity contribution in [3.05, 3.63) is 491 Å². The fourth-order valence-electron chi connectivity index (χ4n) is 16.7. The molecule has 0 aliphatic heterocycles. The summed E-state index contributed by atoms with van der Waals surface area (Å²) in [4.78, 5) is 23.7. The van der Waals surface area contributed by atoms with Crippen molar-refractivity contribution in [3.8, 4) is 44.9 Å². The van der Waals surface area contributed by atoms with Crippen molar-refractivity contribution in [2.24, 2.45) is 0 Å². The lowest BCUT2D eigenvalue weighted by molar-refractivity contribution is 0.0815. The van der Waals surface area contributed by atoms with Crippen molar-refractivity contribution >= 4 is 76.2 Å². The van der Waals surface area contributed by atoms with Crippen molar-refractivity contribution < 1.29 is 19.8 Å². The summed E-state index contributed by atoms with van der Waals surface area (Å²) < 4.78 is 0. The van der Waals surface area contributed by atoms with E-state index < -0.39 is 11.6 Å². The van der Waals surface area contributed by atoms with Crippen molar-refractivity contribution in [1.29, 1.82) is 0 Å². The summed E-state index contributed by atoms with van der Waals surface area (Å²) in [5.74, 6) is -0.320. The molecule has 3 aliphatic rings. The molecule has 534 valence electrons. The monoisotopic (exact) mass is 1440 g/mol. The number of carbonyl (C=O) groups excluding carboxylic acids is 2. The van der Waals surface area contributed by atoms with Gasteiger partial charge in [-0.15, -0.1) is 0 Å². The highest BCUT2D eigenvalue weighted by Gasteiger charge is 2.34. The SMILES string of the molecule is O=C1C(=O)c2ccccc2-c2ccccc21.Oc1c(O)c2ccccc2c2ccccc12.c1ccc(-c2c3ccccc3c(-c3ccccc3)c3ccccc23)cc1.c1ccc(C2c3ccccc3C(c3ccccc3)c3ccccc32)cc1.c1ccc2c(c1)Cc1ccccc1C2.c1ccc2cc3ccccc3cc2c1. The van der Waals surface area contributed by atoms with Crippen LogP contribution in [0.3, 0.4) is 0 Å². The van der Waals surface area contributed by atoms with Crippen LogP contribution in [-0.2, 0) is 12.8 Å². The molecule has 19 aromatic carbocycles. The third-order valence-electron chi connectivity index (χ3n) is 21.9. The van der Waals surface area contributed by atoms with Gasteiger partial charge in [-0.05, 0) is 168 Å². The van der Waals surface area contributed by atoms with Crippen LogP contribution in [0.25, 0.3) is 98.0 Å². The average molecular weight is 1440 g/mol. The van der Waals surface area contributed by atoms with E-state index in [0.717, 1.165) is 34.7 Å². The normalized spacial score (nSPS) is 13.2. The number of phenolic OH excluding ortho intramolecular Hbond substituents is 2. The molecule has 0 amide bonds. The Labute approximate surface area is 652 Å². The molecule has 0 bridgehead atoms. The molecule has 0 saturated carbocycles. The summed E-state index contributed by atoms with van der Waals surface area (Å²) in [5, 5.41) is 33.5. The van der Waals surface area contributed by atoms with E-state index in [-0.39, 0.29) is 11.5 Å². The smallest absolute Gasteiger partial charge is 0.234 e. The van der Waals surface area contributed by atoms with Gasteiger partial charge in [0.2, 0.25) is 11.6 Å². The standard InChI is InChI=1S/C26H20.C26H18.C14H10O2.C14H8O2.C14H12.C14H10/c2*1-3-11-19(12-4-1)25-21-15-7-9-17-23(21)26(20-13-5-2-6-14-20)24-18-10-8-16-22(24)25;2*15-13-11-7-3-1-5-9(11)10-6-2-4-8-12(10)14(13)16;2*1-2-6-12-10-14-8-4-3-7-13(14)9-11(12)5-1/h1-18,25-26H;1-18H;1-8,15-16H;1-8H;1-8H,9-10H2;1-10H. The molecular formula is C108H78O4. The minimum absolute atomic E-state index is 0.0469. The summed E-state index contributed by atoms with van der Waals surface area (Å²) in [6.45, 7) is 0. The Hall–Kier alpha value is -14.3. The Balaban J connectivity index is 0.0000000995. The van der Waals surface area contributed by atoms with E-state index >= 15 is 0 Å². The van der Waals surface area contributed by atoms with Crippen LogP contribution < -0.4 is 0 Å². The number of hydrogen-bond donors (Lipinski definition) is 2. The molecule has 19 aromatic rings. The van der Waals surface area contributed by atoms with Crippen LogP contribution in [0.4, 0.5) is 0 Å². The molecular weight excluding hydrogens is 1360 g/mol. The van der Waals surface area contributed by atoms with Gasteiger partial charge in [-0.25, -0.2) is 0 Å². The van der Waals surface area contributed by atoms with Crippen LogP contribution in [0.15, 0.2) is 425 Å². The molecule has 4 heteroatoms. The molecule has 22 rings (SSSR count). The lowest BCUT2D eigenvalue weighted by Crippen LogP contribution is -2.20. The highest BCUT2D eigenvalue weighted by atomic mass is 16.3. The highest BCUT2D eigenvalue weighted by Crippen LogP contribution is 2.50. The zero-order valence-corrected chi connectivity index (χ0v) is 61.7. The van der Waals surface area contributed by atoms with Crippen LogP contribution in [-0.4, -0.2) is 21.8 Å². The highest BCUT2D eigenvalue weighted by molar-refractivity contribution is 6.53. The number of rotatable bonds is 4. The van der Waals surface area contributed by atoms with E-state index in [0.29, 0.717) is 33.7 Å². The number of hydrogen-bond acceptors (Lipinski definition) is 4. The summed E-state index contributed by atoms with van der Waals surface area (Å²) in [5.41, 5.74) is 22.2. The zero-order chi connectivity index (χ0) is 75.7. The molecule has 2 N–H and O–H groups in total. The van der Waals surface area contributed by atoms with E-state index in [4.69, 9.17) is 0 Å². The minimum atomic E-state index is -0.408. The Morgan fingerprint density at radius 3 is 0.732 bits per heavy atom. The van der Waals surface area contributed by atoms with Gasteiger partial charge >= 0.3 is 0 Å². The Kier molecular flexibility index (Phi) is 20.3. The van der Waals surface area contributed by atoms with Gasteiger partial charge in [0.1, 0.15) is 0 Å². The van der Waals surface area contributed by atoms with E-state index in [1.807, 2.05) is 60.7 Å². The molecule has 0 spiro atoms. The first kappa shape index (κ1) is 70.6. The van der Waals surface area contributed by atoms with E-state index in [1.54, 1.807) is 36.4 Å². The largest absolute Gasteiger partial charge is 0.504 e. The second-order valence-electron chi connectivity index (χ2n) is 28.5. The van der Waals surface area contributed by atoms with Crippen LogP contribution in [0.5, 0.6) is 11.5 Å². The van der Waals surface area contributed by atoms with Gasteiger partial charge < -0.3 is 10.2 Å². The van der Waals surface area contributed by atoms with Crippen LogP contribution >= 0.6 is 0 Å². The number of Topliss-reactive ketones (excluding diaryl/α,β-unsaturated/α-hetero) is 2. The predicted molar refractivity (Wildman–Crippen MR) is 465 cm³/mol. The molecule has 0 saturated heterocycles. The molecule has 0 fully saturated rings. The number of benzene rings is 19. The van der Waals surface area contributed by atoms with E-state index in [1.165, 1.54) is 121 Å². The van der Waals surface area contributed by atoms with E-state index in [9.17, 15) is 19.8 Å². The lowest BCUT2D eigenvalue weighted by atomic mass is 9.68. The van der Waals surface area contributed by atoms with Gasteiger partial charge in [-0.2, -0.15) is 0 Å². The second-order valence-corrected chi connectivity index (χ2v) is 28.5. The summed E-state index contributed by atoms with van der Waals surface area (Å²) in [7, 11) is 0. The number of carbonyl (C=O) groups is 2. The molecule has 4 nitrogen and oxygen atoms in total. The number of fused-ring (bicyclic) bond motifs is 14. The topological polar surface area (TPSA) is 74.6 Å². The molecule has 112 heavy (non-hydrogen) atoms. The molecule has 0 atom stereocenters. The average Bonchev–Trinajstić information content (AvgIpc) is 0.737. The third-order valence-corrected chi connectivity index (χ3v) is 21.9. The molecule has 0 unspecified atom stereocenters. The third kappa shape index (κ3) is 14.2. The predicted octanol–water partition coefficient (Wildman–Crippen LogP) is 27.0. The van der Waals surface area contributed by atoms with E-state index in [2.05, 4.69) is 328 Å². The maximum Gasteiger partial charge on any atom is 0.234 e. The van der Waals surface area contributed by atoms with Crippen LogP contribution in [0.1, 0.15) is 88.2 Å². The molecule has 0 radical (unpaired) electrons. The number of aromatic hydroxyl groups is 2. The number of phenols is 2. The van der Waals surface area contributed by atoms with Gasteiger partial charge in [-0.3, -0.25) is 9.59 Å². The Morgan fingerprint density at radius 1 is 0.205 bits per heavy atom. The maximum atomic E-state index is 11.8. The van der Waals surface area contributed by atoms with Gasteiger partial charge in [-0.1, -0.05) is 413 Å². The maximum absolute atomic E-state index is 11.8.